The van der Waals surface area contributed by atoms with Crippen LogP contribution < -0.4 is 0 Å². The number of Topliss-reactive ketones (excluding diaryl/α,β-unsaturated/α-hetero) is 2. The first kappa shape index (κ1) is 14.4. The summed E-state index contributed by atoms with van der Waals surface area (Å²) in [7, 11) is 0. The molecule has 2 nitrogen and oxygen atoms in total. The second-order valence-electron chi connectivity index (χ2n) is 4.06. The molecule has 0 saturated carbocycles. The SMILES string of the molecule is CCC(C)C(=O)C(F)C(=O)c1cc(F)ccc1F. The van der Waals surface area contributed by atoms with Gasteiger partial charge in [0, 0.05) is 5.92 Å². The predicted octanol–water partition coefficient (Wildman–Crippen LogP) is 3.10. The van der Waals surface area contributed by atoms with Gasteiger partial charge in [0.15, 0.2) is 5.78 Å². The van der Waals surface area contributed by atoms with Crippen LogP contribution in [-0.4, -0.2) is 17.7 Å². The molecule has 0 aliphatic rings. The molecular weight excluding hydrogens is 245 g/mol. The van der Waals surface area contributed by atoms with E-state index in [1.807, 2.05) is 0 Å². The summed E-state index contributed by atoms with van der Waals surface area (Å²) in [5.74, 6) is -4.78. The van der Waals surface area contributed by atoms with E-state index < -0.39 is 40.9 Å². The molecule has 18 heavy (non-hydrogen) atoms. The second-order valence-corrected chi connectivity index (χ2v) is 4.06. The molecule has 0 aliphatic heterocycles. The largest absolute Gasteiger partial charge is 0.296 e. The summed E-state index contributed by atoms with van der Waals surface area (Å²) in [5.41, 5.74) is -0.737. The summed E-state index contributed by atoms with van der Waals surface area (Å²) in [5, 5.41) is 0. The predicted molar refractivity (Wildman–Crippen MR) is 60.0 cm³/mol. The molecule has 0 amide bonds. The molecule has 0 spiro atoms. The molecule has 2 unspecified atom stereocenters. The zero-order valence-electron chi connectivity index (χ0n) is 10.0. The summed E-state index contributed by atoms with van der Waals surface area (Å²) >= 11 is 0. The molecule has 1 aromatic carbocycles. The van der Waals surface area contributed by atoms with Gasteiger partial charge in [-0.15, -0.1) is 0 Å². The minimum atomic E-state index is -2.45. The van der Waals surface area contributed by atoms with Crippen LogP contribution in [0.3, 0.4) is 0 Å². The fourth-order valence-electron chi connectivity index (χ4n) is 1.40. The Morgan fingerprint density at radius 2 is 1.89 bits per heavy atom. The fourth-order valence-corrected chi connectivity index (χ4v) is 1.40. The van der Waals surface area contributed by atoms with Crippen LogP contribution in [0.15, 0.2) is 18.2 Å². The summed E-state index contributed by atoms with van der Waals surface area (Å²) in [6.07, 6.45) is -2.07. The number of carbonyl (C=O) groups excluding carboxylic acids is 2. The minimum Gasteiger partial charge on any atom is -0.296 e. The minimum absolute atomic E-state index is 0.373. The van der Waals surface area contributed by atoms with Crippen LogP contribution in [0.4, 0.5) is 13.2 Å². The highest BCUT2D eigenvalue weighted by Gasteiger charge is 2.31. The van der Waals surface area contributed by atoms with Gasteiger partial charge in [-0.1, -0.05) is 13.8 Å². The lowest BCUT2D eigenvalue weighted by Gasteiger charge is -2.11. The number of hydrogen-bond acceptors (Lipinski definition) is 2. The molecule has 1 aromatic rings. The van der Waals surface area contributed by atoms with Gasteiger partial charge in [-0.25, -0.2) is 13.2 Å². The lowest BCUT2D eigenvalue weighted by molar-refractivity contribution is -0.125. The third-order valence-electron chi connectivity index (χ3n) is 2.77. The maximum atomic E-state index is 13.6. The number of rotatable bonds is 5. The van der Waals surface area contributed by atoms with Crippen LogP contribution in [0.1, 0.15) is 30.6 Å². The molecule has 2 atom stereocenters. The van der Waals surface area contributed by atoms with E-state index in [1.54, 1.807) is 6.92 Å². The van der Waals surface area contributed by atoms with E-state index in [9.17, 15) is 22.8 Å². The molecule has 98 valence electrons. The first-order valence-corrected chi connectivity index (χ1v) is 5.55. The van der Waals surface area contributed by atoms with Crippen molar-refractivity contribution < 1.29 is 22.8 Å². The second kappa shape index (κ2) is 5.80. The van der Waals surface area contributed by atoms with Gasteiger partial charge in [0.2, 0.25) is 12.0 Å². The quantitative estimate of drug-likeness (QED) is 0.600. The Hall–Kier alpha value is -1.65. The monoisotopic (exact) mass is 258 g/mol. The lowest BCUT2D eigenvalue weighted by atomic mass is 9.95. The maximum absolute atomic E-state index is 13.6. The van der Waals surface area contributed by atoms with Gasteiger partial charge in [-0.05, 0) is 24.6 Å². The number of carbonyl (C=O) groups is 2. The molecule has 0 N–H and O–H groups in total. The van der Waals surface area contributed by atoms with E-state index in [0.717, 1.165) is 12.1 Å². The van der Waals surface area contributed by atoms with Gasteiger partial charge in [-0.3, -0.25) is 9.59 Å². The highest BCUT2D eigenvalue weighted by Crippen LogP contribution is 2.17. The molecule has 1 rings (SSSR count). The average molecular weight is 258 g/mol. The van der Waals surface area contributed by atoms with Crippen molar-refractivity contribution in [2.24, 2.45) is 5.92 Å². The highest BCUT2D eigenvalue weighted by atomic mass is 19.1. The number of ketones is 2. The fraction of sp³-hybridized carbons (Fsp3) is 0.385. The summed E-state index contributed by atoms with van der Waals surface area (Å²) in [6.45, 7) is 3.15. The number of alkyl halides is 1. The van der Waals surface area contributed by atoms with Crippen LogP contribution in [0, 0.1) is 17.6 Å². The van der Waals surface area contributed by atoms with Gasteiger partial charge in [0.25, 0.3) is 0 Å². The van der Waals surface area contributed by atoms with E-state index in [4.69, 9.17) is 0 Å². The van der Waals surface area contributed by atoms with E-state index in [0.29, 0.717) is 12.5 Å². The van der Waals surface area contributed by atoms with Crippen molar-refractivity contribution >= 4 is 11.6 Å². The van der Waals surface area contributed by atoms with Crippen LogP contribution in [-0.2, 0) is 4.79 Å². The van der Waals surface area contributed by atoms with Crippen LogP contribution >= 0.6 is 0 Å². The van der Waals surface area contributed by atoms with E-state index in [2.05, 4.69) is 0 Å². The molecule has 0 bridgehead atoms. The smallest absolute Gasteiger partial charge is 0.221 e. The number of benzene rings is 1. The Morgan fingerprint density at radius 1 is 1.28 bits per heavy atom. The Bertz CT molecular complexity index is 471. The van der Waals surface area contributed by atoms with Crippen molar-refractivity contribution in [1.29, 1.82) is 0 Å². The maximum Gasteiger partial charge on any atom is 0.221 e. The van der Waals surface area contributed by atoms with Crippen molar-refractivity contribution in [2.45, 2.75) is 26.4 Å². The molecule has 0 fully saturated rings. The number of hydrogen-bond donors (Lipinski definition) is 0. The molecule has 0 radical (unpaired) electrons. The summed E-state index contributed by atoms with van der Waals surface area (Å²) in [4.78, 5) is 23.1. The Balaban J connectivity index is 3.00. The molecule has 5 heteroatoms. The lowest BCUT2D eigenvalue weighted by Crippen LogP contribution is -2.31. The topological polar surface area (TPSA) is 34.1 Å². The van der Waals surface area contributed by atoms with Gasteiger partial charge in [0.05, 0.1) is 5.56 Å². The summed E-state index contributed by atoms with van der Waals surface area (Å²) in [6, 6.07) is 2.13. The van der Waals surface area contributed by atoms with Crippen molar-refractivity contribution in [3.05, 3.63) is 35.4 Å². The van der Waals surface area contributed by atoms with E-state index in [-0.39, 0.29) is 0 Å². The highest BCUT2D eigenvalue weighted by molar-refractivity contribution is 6.13. The molecule has 0 saturated heterocycles. The molecule has 0 aliphatic carbocycles. The van der Waals surface area contributed by atoms with E-state index in [1.165, 1.54) is 6.92 Å². The Labute approximate surface area is 103 Å². The van der Waals surface area contributed by atoms with Crippen molar-refractivity contribution in [3.8, 4) is 0 Å². The standard InChI is InChI=1S/C13H13F3O2/c1-3-7(2)12(17)11(16)13(18)9-6-8(14)4-5-10(9)15/h4-7,11H,3H2,1-2H3. The zero-order valence-corrected chi connectivity index (χ0v) is 10.0. The van der Waals surface area contributed by atoms with Crippen LogP contribution in [0.2, 0.25) is 0 Å². The molecule has 0 aromatic heterocycles. The van der Waals surface area contributed by atoms with Gasteiger partial charge in [0.1, 0.15) is 11.6 Å². The molecule has 0 heterocycles. The Morgan fingerprint density at radius 3 is 2.44 bits per heavy atom. The van der Waals surface area contributed by atoms with Crippen molar-refractivity contribution in [1.82, 2.24) is 0 Å². The van der Waals surface area contributed by atoms with Crippen LogP contribution in [0.5, 0.6) is 0 Å². The van der Waals surface area contributed by atoms with Gasteiger partial charge >= 0.3 is 0 Å². The van der Waals surface area contributed by atoms with Crippen molar-refractivity contribution in [2.75, 3.05) is 0 Å². The number of halogens is 3. The van der Waals surface area contributed by atoms with Crippen LogP contribution in [0.25, 0.3) is 0 Å². The first-order valence-electron chi connectivity index (χ1n) is 5.55. The third kappa shape index (κ3) is 2.97. The van der Waals surface area contributed by atoms with Gasteiger partial charge < -0.3 is 0 Å². The molecular formula is C13H13F3O2. The third-order valence-corrected chi connectivity index (χ3v) is 2.77. The zero-order chi connectivity index (χ0) is 13.9. The van der Waals surface area contributed by atoms with Crippen molar-refractivity contribution in [3.63, 3.8) is 0 Å². The first-order chi connectivity index (χ1) is 8.38. The summed E-state index contributed by atoms with van der Waals surface area (Å²) < 4.78 is 39.8. The normalized spacial score (nSPS) is 14.1. The van der Waals surface area contributed by atoms with Gasteiger partial charge in [-0.2, -0.15) is 0 Å². The average Bonchev–Trinajstić information content (AvgIpc) is 2.38. The Kier molecular flexibility index (Phi) is 4.64. The van der Waals surface area contributed by atoms with E-state index >= 15 is 0 Å².